The highest BCUT2D eigenvalue weighted by atomic mass is 15.1. The van der Waals surface area contributed by atoms with E-state index in [2.05, 4.69) is 20.6 Å². The summed E-state index contributed by atoms with van der Waals surface area (Å²) in [5, 5.41) is 8.85. The zero-order valence-corrected chi connectivity index (χ0v) is 10.1. The smallest absolute Gasteiger partial charge is 0.160 e. The quantitative estimate of drug-likeness (QED) is 0.824. The molecular formula is C13H15N5. The second-order valence-corrected chi connectivity index (χ2v) is 4.91. The SMILES string of the molecule is N#Cc1cnc2c(c1)ncn2[C@@H]1CCC[C@H](N)C1. The Balaban J connectivity index is 2.00. The molecule has 92 valence electrons. The van der Waals surface area contributed by atoms with Gasteiger partial charge in [0.1, 0.15) is 11.6 Å². The molecule has 1 aliphatic rings. The molecular weight excluding hydrogens is 226 g/mol. The number of pyridine rings is 1. The third kappa shape index (κ3) is 1.85. The predicted octanol–water partition coefficient (Wildman–Crippen LogP) is 1.75. The van der Waals surface area contributed by atoms with Crippen LogP contribution in [0.5, 0.6) is 0 Å². The van der Waals surface area contributed by atoms with Crippen LogP contribution in [0.2, 0.25) is 0 Å². The topological polar surface area (TPSA) is 80.5 Å². The van der Waals surface area contributed by atoms with Crippen LogP contribution in [0.1, 0.15) is 37.3 Å². The Hall–Kier alpha value is -1.93. The van der Waals surface area contributed by atoms with E-state index < -0.39 is 0 Å². The molecule has 2 aromatic rings. The summed E-state index contributed by atoms with van der Waals surface area (Å²) in [5.41, 5.74) is 8.21. The Morgan fingerprint density at radius 3 is 3.06 bits per heavy atom. The highest BCUT2D eigenvalue weighted by molar-refractivity contribution is 5.72. The van der Waals surface area contributed by atoms with Crippen molar-refractivity contribution in [2.45, 2.75) is 37.8 Å². The first kappa shape index (κ1) is 11.2. The monoisotopic (exact) mass is 241 g/mol. The van der Waals surface area contributed by atoms with Gasteiger partial charge in [-0.2, -0.15) is 5.26 Å². The molecule has 0 bridgehead atoms. The molecule has 0 aromatic carbocycles. The average Bonchev–Trinajstić information content (AvgIpc) is 2.81. The van der Waals surface area contributed by atoms with Crippen molar-refractivity contribution < 1.29 is 0 Å². The van der Waals surface area contributed by atoms with Gasteiger partial charge in [0.05, 0.1) is 11.9 Å². The van der Waals surface area contributed by atoms with Gasteiger partial charge in [-0.15, -0.1) is 0 Å². The largest absolute Gasteiger partial charge is 0.328 e. The van der Waals surface area contributed by atoms with Crippen molar-refractivity contribution >= 4 is 11.2 Å². The van der Waals surface area contributed by atoms with E-state index >= 15 is 0 Å². The van der Waals surface area contributed by atoms with E-state index in [1.165, 1.54) is 0 Å². The Labute approximate surface area is 105 Å². The van der Waals surface area contributed by atoms with Crippen LogP contribution in [0.3, 0.4) is 0 Å². The van der Waals surface area contributed by atoms with E-state index in [0.29, 0.717) is 11.6 Å². The molecule has 2 atom stereocenters. The minimum Gasteiger partial charge on any atom is -0.328 e. The number of fused-ring (bicyclic) bond motifs is 1. The summed E-state index contributed by atoms with van der Waals surface area (Å²) < 4.78 is 2.11. The number of nitriles is 1. The maximum atomic E-state index is 8.85. The zero-order valence-electron chi connectivity index (χ0n) is 10.1. The van der Waals surface area contributed by atoms with Crippen LogP contribution < -0.4 is 5.73 Å². The molecule has 1 aliphatic carbocycles. The third-order valence-corrected chi connectivity index (χ3v) is 3.62. The van der Waals surface area contributed by atoms with E-state index in [9.17, 15) is 0 Å². The first-order valence-electron chi connectivity index (χ1n) is 6.26. The lowest BCUT2D eigenvalue weighted by Gasteiger charge is -2.27. The van der Waals surface area contributed by atoms with Gasteiger partial charge in [0.25, 0.3) is 0 Å². The zero-order chi connectivity index (χ0) is 12.5. The number of rotatable bonds is 1. The Bertz CT molecular complexity index is 609. The molecule has 2 heterocycles. The highest BCUT2D eigenvalue weighted by Crippen LogP contribution is 2.29. The van der Waals surface area contributed by atoms with Crippen molar-refractivity contribution in [2.24, 2.45) is 5.73 Å². The summed E-state index contributed by atoms with van der Waals surface area (Å²) in [5.74, 6) is 0. The fourth-order valence-corrected chi connectivity index (χ4v) is 2.70. The van der Waals surface area contributed by atoms with E-state index in [4.69, 9.17) is 11.0 Å². The minimum atomic E-state index is 0.277. The number of aromatic nitrogens is 3. The van der Waals surface area contributed by atoms with Gasteiger partial charge in [-0.25, -0.2) is 9.97 Å². The molecule has 5 heteroatoms. The summed E-state index contributed by atoms with van der Waals surface area (Å²) in [4.78, 5) is 8.69. The maximum absolute atomic E-state index is 8.85. The Morgan fingerprint density at radius 2 is 2.28 bits per heavy atom. The molecule has 0 radical (unpaired) electrons. The lowest BCUT2D eigenvalue weighted by atomic mass is 9.91. The molecule has 2 N–H and O–H groups in total. The van der Waals surface area contributed by atoms with Crippen molar-refractivity contribution in [3.63, 3.8) is 0 Å². The van der Waals surface area contributed by atoms with Crippen molar-refractivity contribution in [3.8, 4) is 6.07 Å². The summed E-state index contributed by atoms with van der Waals surface area (Å²) in [6, 6.07) is 4.53. The Kier molecular flexibility index (Phi) is 2.73. The number of hydrogen-bond donors (Lipinski definition) is 1. The van der Waals surface area contributed by atoms with Crippen molar-refractivity contribution in [1.29, 1.82) is 5.26 Å². The molecule has 5 nitrogen and oxygen atoms in total. The number of nitrogens with zero attached hydrogens (tertiary/aromatic N) is 4. The number of imidazole rings is 1. The lowest BCUT2D eigenvalue weighted by molar-refractivity contribution is 0.324. The van der Waals surface area contributed by atoms with Gasteiger partial charge in [0.2, 0.25) is 0 Å². The third-order valence-electron chi connectivity index (χ3n) is 3.62. The normalized spacial score (nSPS) is 24.0. The van der Waals surface area contributed by atoms with Gasteiger partial charge in [-0.3, -0.25) is 0 Å². The van der Waals surface area contributed by atoms with Crippen LogP contribution in [-0.2, 0) is 0 Å². The molecule has 0 spiro atoms. The van der Waals surface area contributed by atoms with Crippen LogP contribution in [-0.4, -0.2) is 20.6 Å². The van der Waals surface area contributed by atoms with Gasteiger partial charge in [0, 0.05) is 18.3 Å². The second-order valence-electron chi connectivity index (χ2n) is 4.91. The van der Waals surface area contributed by atoms with Crippen LogP contribution in [0.15, 0.2) is 18.6 Å². The van der Waals surface area contributed by atoms with Gasteiger partial charge >= 0.3 is 0 Å². The average molecular weight is 241 g/mol. The van der Waals surface area contributed by atoms with E-state index in [1.54, 1.807) is 12.3 Å². The van der Waals surface area contributed by atoms with E-state index in [-0.39, 0.29) is 6.04 Å². The van der Waals surface area contributed by atoms with Gasteiger partial charge in [-0.05, 0) is 31.7 Å². The molecule has 1 saturated carbocycles. The van der Waals surface area contributed by atoms with Crippen molar-refractivity contribution in [3.05, 3.63) is 24.2 Å². The van der Waals surface area contributed by atoms with Crippen LogP contribution >= 0.6 is 0 Å². The first-order chi connectivity index (χ1) is 8.78. The maximum Gasteiger partial charge on any atom is 0.160 e. The molecule has 2 aromatic heterocycles. The fraction of sp³-hybridized carbons (Fsp3) is 0.462. The molecule has 0 aliphatic heterocycles. The van der Waals surface area contributed by atoms with E-state index in [1.807, 2.05) is 6.33 Å². The first-order valence-corrected chi connectivity index (χ1v) is 6.26. The number of hydrogen-bond acceptors (Lipinski definition) is 4. The summed E-state index contributed by atoms with van der Waals surface area (Å²) in [6.45, 7) is 0. The molecule has 18 heavy (non-hydrogen) atoms. The summed E-state index contributed by atoms with van der Waals surface area (Å²) >= 11 is 0. The van der Waals surface area contributed by atoms with Gasteiger partial charge in [0.15, 0.2) is 5.65 Å². The summed E-state index contributed by atoms with van der Waals surface area (Å²) in [7, 11) is 0. The molecule has 3 rings (SSSR count). The Morgan fingerprint density at radius 1 is 1.39 bits per heavy atom. The van der Waals surface area contributed by atoms with Crippen molar-refractivity contribution in [1.82, 2.24) is 14.5 Å². The van der Waals surface area contributed by atoms with Crippen LogP contribution in [0.4, 0.5) is 0 Å². The predicted molar refractivity (Wildman–Crippen MR) is 67.7 cm³/mol. The van der Waals surface area contributed by atoms with Gasteiger partial charge in [-0.1, -0.05) is 0 Å². The molecule has 0 saturated heterocycles. The van der Waals surface area contributed by atoms with E-state index in [0.717, 1.165) is 36.8 Å². The molecule has 0 unspecified atom stereocenters. The molecule has 1 fully saturated rings. The fourth-order valence-electron chi connectivity index (χ4n) is 2.70. The van der Waals surface area contributed by atoms with Crippen LogP contribution in [0, 0.1) is 11.3 Å². The van der Waals surface area contributed by atoms with Crippen molar-refractivity contribution in [2.75, 3.05) is 0 Å². The van der Waals surface area contributed by atoms with Crippen LogP contribution in [0.25, 0.3) is 11.2 Å². The summed E-state index contributed by atoms with van der Waals surface area (Å²) in [6.07, 6.45) is 7.79. The second kappa shape index (κ2) is 4.39. The number of nitrogens with two attached hydrogens (primary N) is 1. The molecule has 0 amide bonds. The standard InChI is InChI=1S/C13H15N5/c14-6-9-4-12-13(16-7-9)18(8-17-12)11-3-1-2-10(15)5-11/h4,7-8,10-11H,1-3,5,15H2/t10-,11+/m0/s1. The lowest BCUT2D eigenvalue weighted by Crippen LogP contribution is -2.29. The van der Waals surface area contributed by atoms with Gasteiger partial charge < -0.3 is 10.3 Å². The minimum absolute atomic E-state index is 0.277. The highest BCUT2D eigenvalue weighted by Gasteiger charge is 2.22.